The Morgan fingerprint density at radius 3 is 2.20 bits per heavy atom. The van der Waals surface area contributed by atoms with Crippen LogP contribution < -0.4 is 5.73 Å². The molecule has 2 aliphatic rings. The van der Waals surface area contributed by atoms with E-state index in [4.69, 9.17) is 5.73 Å². The second-order valence-electron chi connectivity index (χ2n) is 5.85. The highest BCUT2D eigenvalue weighted by molar-refractivity contribution is 6.05. The van der Waals surface area contributed by atoms with Crippen molar-refractivity contribution < 1.29 is 9.59 Å². The molecule has 1 aromatic carbocycles. The van der Waals surface area contributed by atoms with Crippen molar-refractivity contribution in [2.45, 2.75) is 38.8 Å². The standard InChI is InChI=1S/C16H20N2O2/c1-10-6-2-3-7-11(10)14(17)18-15(19)12-8-4-5-9-13(12)16(18)20/h2-3,6-7,12-14H,4-5,8-9,17H2,1H3. The molecule has 0 aromatic heterocycles. The Morgan fingerprint density at radius 2 is 1.65 bits per heavy atom. The van der Waals surface area contributed by atoms with E-state index >= 15 is 0 Å². The zero-order valence-electron chi connectivity index (χ0n) is 11.7. The summed E-state index contributed by atoms with van der Waals surface area (Å²) in [5, 5.41) is 0. The monoisotopic (exact) mass is 272 g/mol. The normalized spacial score (nSPS) is 27.6. The number of nitrogens with two attached hydrogens (primary N) is 1. The highest BCUT2D eigenvalue weighted by Crippen LogP contribution is 2.40. The van der Waals surface area contributed by atoms with E-state index in [9.17, 15) is 9.59 Å². The molecule has 2 N–H and O–H groups in total. The van der Waals surface area contributed by atoms with Crippen molar-refractivity contribution in [2.75, 3.05) is 0 Å². The van der Waals surface area contributed by atoms with E-state index in [0.29, 0.717) is 0 Å². The number of hydrogen-bond acceptors (Lipinski definition) is 3. The van der Waals surface area contributed by atoms with Crippen molar-refractivity contribution in [3.05, 3.63) is 35.4 Å². The van der Waals surface area contributed by atoms with E-state index in [0.717, 1.165) is 36.8 Å². The molecule has 1 aliphatic carbocycles. The van der Waals surface area contributed by atoms with Gasteiger partial charge in [0.2, 0.25) is 11.8 Å². The molecular weight excluding hydrogens is 252 g/mol. The third-order valence-electron chi connectivity index (χ3n) is 4.66. The van der Waals surface area contributed by atoms with Crippen LogP contribution in [0.25, 0.3) is 0 Å². The van der Waals surface area contributed by atoms with Gasteiger partial charge in [-0.05, 0) is 30.9 Å². The lowest BCUT2D eigenvalue weighted by Gasteiger charge is -2.24. The quantitative estimate of drug-likeness (QED) is 0.839. The largest absolute Gasteiger partial charge is 0.307 e. The fourth-order valence-corrected chi connectivity index (χ4v) is 3.52. The molecule has 0 radical (unpaired) electrons. The minimum atomic E-state index is -0.651. The van der Waals surface area contributed by atoms with Crippen LogP contribution in [0.5, 0.6) is 0 Å². The SMILES string of the molecule is Cc1ccccc1C(N)N1C(=O)C2CCCCC2C1=O. The molecule has 2 fully saturated rings. The van der Waals surface area contributed by atoms with Crippen LogP contribution in [0.4, 0.5) is 0 Å². The van der Waals surface area contributed by atoms with Crippen LogP contribution in [0, 0.1) is 18.8 Å². The summed E-state index contributed by atoms with van der Waals surface area (Å²) in [7, 11) is 0. The lowest BCUT2D eigenvalue weighted by atomic mass is 9.81. The Hall–Kier alpha value is -1.68. The van der Waals surface area contributed by atoms with E-state index in [1.54, 1.807) is 0 Å². The molecule has 1 aliphatic heterocycles. The number of benzene rings is 1. The maximum absolute atomic E-state index is 12.5. The van der Waals surface area contributed by atoms with Crippen molar-refractivity contribution >= 4 is 11.8 Å². The van der Waals surface area contributed by atoms with Crippen molar-refractivity contribution in [3.8, 4) is 0 Å². The first-order chi connectivity index (χ1) is 9.61. The number of rotatable bonds is 2. The van der Waals surface area contributed by atoms with Crippen molar-refractivity contribution in [3.63, 3.8) is 0 Å². The first-order valence-corrected chi connectivity index (χ1v) is 7.29. The lowest BCUT2D eigenvalue weighted by Crippen LogP contribution is -2.40. The number of imide groups is 1. The van der Waals surface area contributed by atoms with E-state index < -0.39 is 6.17 Å². The second-order valence-corrected chi connectivity index (χ2v) is 5.85. The number of carbonyl (C=O) groups is 2. The molecule has 1 saturated heterocycles. The van der Waals surface area contributed by atoms with Crippen LogP contribution in [-0.4, -0.2) is 16.7 Å². The third-order valence-corrected chi connectivity index (χ3v) is 4.66. The molecule has 0 bridgehead atoms. The van der Waals surface area contributed by atoms with Gasteiger partial charge in [-0.15, -0.1) is 0 Å². The molecule has 4 heteroatoms. The highest BCUT2D eigenvalue weighted by atomic mass is 16.2. The van der Waals surface area contributed by atoms with Gasteiger partial charge in [0.15, 0.2) is 0 Å². The highest BCUT2D eigenvalue weighted by Gasteiger charge is 2.50. The Balaban J connectivity index is 1.92. The topological polar surface area (TPSA) is 63.4 Å². The van der Waals surface area contributed by atoms with Crippen LogP contribution >= 0.6 is 0 Å². The minimum Gasteiger partial charge on any atom is -0.307 e. The summed E-state index contributed by atoms with van der Waals surface area (Å²) in [6, 6.07) is 7.66. The molecule has 3 unspecified atom stereocenters. The summed E-state index contributed by atoms with van der Waals surface area (Å²) < 4.78 is 0. The zero-order chi connectivity index (χ0) is 14.3. The van der Waals surface area contributed by atoms with Gasteiger partial charge in [-0.2, -0.15) is 0 Å². The Kier molecular flexibility index (Phi) is 3.34. The maximum Gasteiger partial charge on any atom is 0.234 e. The molecule has 3 rings (SSSR count). The number of carbonyl (C=O) groups excluding carboxylic acids is 2. The van der Waals surface area contributed by atoms with E-state index in [1.807, 2.05) is 31.2 Å². The summed E-state index contributed by atoms with van der Waals surface area (Å²) in [6.45, 7) is 1.95. The van der Waals surface area contributed by atoms with Crippen LogP contribution in [-0.2, 0) is 9.59 Å². The first kappa shape index (κ1) is 13.3. The fraction of sp³-hybridized carbons (Fsp3) is 0.500. The molecule has 106 valence electrons. The molecular formula is C16H20N2O2. The van der Waals surface area contributed by atoms with Gasteiger partial charge >= 0.3 is 0 Å². The Morgan fingerprint density at radius 1 is 1.10 bits per heavy atom. The average Bonchev–Trinajstić information content (AvgIpc) is 2.71. The molecule has 2 amide bonds. The van der Waals surface area contributed by atoms with Gasteiger partial charge in [0, 0.05) is 0 Å². The zero-order valence-corrected chi connectivity index (χ0v) is 11.7. The van der Waals surface area contributed by atoms with Crippen molar-refractivity contribution in [1.29, 1.82) is 0 Å². The molecule has 1 saturated carbocycles. The van der Waals surface area contributed by atoms with Gasteiger partial charge in [-0.3, -0.25) is 14.5 Å². The van der Waals surface area contributed by atoms with Crippen LogP contribution in [0.2, 0.25) is 0 Å². The summed E-state index contributed by atoms with van der Waals surface area (Å²) in [6.07, 6.45) is 3.07. The van der Waals surface area contributed by atoms with Gasteiger partial charge in [-0.1, -0.05) is 37.1 Å². The van der Waals surface area contributed by atoms with E-state index in [2.05, 4.69) is 0 Å². The Labute approximate surface area is 118 Å². The summed E-state index contributed by atoms with van der Waals surface area (Å²) >= 11 is 0. The predicted molar refractivity (Wildman–Crippen MR) is 75.4 cm³/mol. The van der Waals surface area contributed by atoms with E-state index in [-0.39, 0.29) is 23.7 Å². The van der Waals surface area contributed by atoms with Crippen molar-refractivity contribution in [1.82, 2.24) is 4.90 Å². The minimum absolute atomic E-state index is 0.0737. The summed E-state index contributed by atoms with van der Waals surface area (Å²) in [5.74, 6) is -0.413. The smallest absolute Gasteiger partial charge is 0.234 e. The van der Waals surface area contributed by atoms with Gasteiger partial charge in [0.05, 0.1) is 11.8 Å². The van der Waals surface area contributed by atoms with Gasteiger partial charge in [-0.25, -0.2) is 0 Å². The molecule has 3 atom stereocenters. The number of fused-ring (bicyclic) bond motifs is 1. The molecule has 1 heterocycles. The molecule has 0 spiro atoms. The van der Waals surface area contributed by atoms with Crippen LogP contribution in [0.3, 0.4) is 0 Å². The fourth-order valence-electron chi connectivity index (χ4n) is 3.52. The maximum atomic E-state index is 12.5. The predicted octanol–water partition coefficient (Wildman–Crippen LogP) is 2.13. The first-order valence-electron chi connectivity index (χ1n) is 7.29. The third kappa shape index (κ3) is 1.95. The number of likely N-dealkylation sites (tertiary alicyclic amines) is 1. The number of aryl methyl sites for hydroxylation is 1. The van der Waals surface area contributed by atoms with Crippen LogP contribution in [0.1, 0.15) is 43.0 Å². The van der Waals surface area contributed by atoms with Crippen LogP contribution in [0.15, 0.2) is 24.3 Å². The van der Waals surface area contributed by atoms with Gasteiger partial charge < -0.3 is 5.73 Å². The number of nitrogens with zero attached hydrogens (tertiary/aromatic N) is 1. The molecule has 4 nitrogen and oxygen atoms in total. The Bertz CT molecular complexity index is 531. The lowest BCUT2D eigenvalue weighted by molar-refractivity contribution is -0.142. The van der Waals surface area contributed by atoms with E-state index in [1.165, 1.54) is 4.90 Å². The van der Waals surface area contributed by atoms with Gasteiger partial charge in [0.1, 0.15) is 6.17 Å². The summed E-state index contributed by atoms with van der Waals surface area (Å²) in [4.78, 5) is 26.3. The summed E-state index contributed by atoms with van der Waals surface area (Å²) in [5.41, 5.74) is 8.08. The molecule has 1 aromatic rings. The second kappa shape index (κ2) is 5.02. The number of amides is 2. The average molecular weight is 272 g/mol. The number of hydrogen-bond donors (Lipinski definition) is 1. The van der Waals surface area contributed by atoms with Gasteiger partial charge in [0.25, 0.3) is 0 Å². The van der Waals surface area contributed by atoms with Crippen molar-refractivity contribution in [2.24, 2.45) is 17.6 Å². The molecule has 20 heavy (non-hydrogen) atoms.